The van der Waals surface area contributed by atoms with E-state index < -0.39 is 11.5 Å². The number of aryl methyl sites for hydroxylation is 1. The molecule has 22 heavy (non-hydrogen) atoms. The number of amides is 1. The Morgan fingerprint density at radius 2 is 2.18 bits per heavy atom. The van der Waals surface area contributed by atoms with E-state index in [1.807, 2.05) is 6.07 Å². The van der Waals surface area contributed by atoms with E-state index in [0.29, 0.717) is 24.1 Å². The van der Waals surface area contributed by atoms with Crippen molar-refractivity contribution in [2.45, 2.75) is 25.8 Å². The summed E-state index contributed by atoms with van der Waals surface area (Å²) in [5.74, 6) is -0.523. The van der Waals surface area contributed by atoms with Gasteiger partial charge in [0.15, 0.2) is 5.78 Å². The van der Waals surface area contributed by atoms with Crippen LogP contribution in [0.5, 0.6) is 0 Å². The predicted molar refractivity (Wildman–Crippen MR) is 79.7 cm³/mol. The first-order valence-corrected chi connectivity index (χ1v) is 7.11. The normalized spacial score (nSPS) is 13.5. The van der Waals surface area contributed by atoms with Gasteiger partial charge in [-0.05, 0) is 30.5 Å². The van der Waals surface area contributed by atoms with Crippen LogP contribution in [-0.2, 0) is 13.0 Å². The van der Waals surface area contributed by atoms with Crippen molar-refractivity contribution in [1.82, 2.24) is 15.3 Å². The van der Waals surface area contributed by atoms with E-state index in [1.54, 1.807) is 18.5 Å². The van der Waals surface area contributed by atoms with Crippen LogP contribution >= 0.6 is 0 Å². The molecule has 2 N–H and O–H groups in total. The lowest BCUT2D eigenvalue weighted by Crippen LogP contribution is -2.31. The van der Waals surface area contributed by atoms with Crippen molar-refractivity contribution >= 4 is 11.7 Å². The Labute approximate surface area is 126 Å². The third-order valence-electron chi connectivity index (χ3n) is 3.67. The van der Waals surface area contributed by atoms with Crippen molar-refractivity contribution < 1.29 is 9.59 Å². The SMILES string of the molecule is O=C1CCCc2[nH]c(=O)c(C(=O)NCc3cccnc3)cc21. The summed E-state index contributed by atoms with van der Waals surface area (Å²) < 4.78 is 0. The lowest BCUT2D eigenvalue weighted by Gasteiger charge is -2.15. The van der Waals surface area contributed by atoms with Gasteiger partial charge in [0.25, 0.3) is 11.5 Å². The molecule has 0 saturated carbocycles. The Morgan fingerprint density at radius 1 is 1.32 bits per heavy atom. The highest BCUT2D eigenvalue weighted by Gasteiger charge is 2.21. The molecule has 2 aromatic rings. The Balaban J connectivity index is 1.82. The number of Topliss-reactive ketones (excluding diaryl/α,β-unsaturated/α-hetero) is 1. The molecule has 0 aliphatic heterocycles. The number of carbonyl (C=O) groups excluding carboxylic acids is 2. The number of rotatable bonds is 3. The van der Waals surface area contributed by atoms with E-state index >= 15 is 0 Å². The maximum atomic E-state index is 12.2. The molecule has 2 heterocycles. The van der Waals surface area contributed by atoms with Crippen molar-refractivity contribution in [2.24, 2.45) is 0 Å². The van der Waals surface area contributed by atoms with Gasteiger partial charge in [-0.2, -0.15) is 0 Å². The summed E-state index contributed by atoms with van der Waals surface area (Å²) >= 11 is 0. The van der Waals surface area contributed by atoms with E-state index in [4.69, 9.17) is 0 Å². The first-order chi connectivity index (χ1) is 10.6. The number of fused-ring (bicyclic) bond motifs is 1. The molecule has 2 aromatic heterocycles. The summed E-state index contributed by atoms with van der Waals surface area (Å²) in [5, 5.41) is 2.67. The number of pyridine rings is 2. The number of hydrogen-bond donors (Lipinski definition) is 2. The number of nitrogens with one attached hydrogen (secondary N) is 2. The molecule has 0 radical (unpaired) electrons. The highest BCUT2D eigenvalue weighted by atomic mass is 16.2. The third kappa shape index (κ3) is 2.81. The van der Waals surface area contributed by atoms with E-state index in [1.165, 1.54) is 6.07 Å². The lowest BCUT2D eigenvalue weighted by atomic mass is 9.93. The molecular weight excluding hydrogens is 282 g/mol. The quantitative estimate of drug-likeness (QED) is 0.891. The minimum absolute atomic E-state index is 0.0289. The van der Waals surface area contributed by atoms with Gasteiger partial charge in [-0.3, -0.25) is 19.4 Å². The fraction of sp³-hybridized carbons (Fsp3) is 0.250. The van der Waals surface area contributed by atoms with Crippen LogP contribution in [0.25, 0.3) is 0 Å². The molecule has 112 valence electrons. The number of nitrogens with zero attached hydrogens (tertiary/aromatic N) is 1. The minimum atomic E-state index is -0.494. The first-order valence-electron chi connectivity index (χ1n) is 7.11. The monoisotopic (exact) mass is 297 g/mol. The molecule has 0 bridgehead atoms. The molecular formula is C16H15N3O3. The van der Waals surface area contributed by atoms with Gasteiger partial charge in [0.05, 0.1) is 0 Å². The molecule has 1 aliphatic rings. The molecule has 6 heteroatoms. The van der Waals surface area contributed by atoms with E-state index in [0.717, 1.165) is 12.0 Å². The van der Waals surface area contributed by atoms with Crippen LogP contribution in [0.1, 0.15) is 44.8 Å². The number of H-pyrrole nitrogens is 1. The summed E-state index contributed by atoms with van der Waals surface area (Å²) in [6.07, 6.45) is 5.13. The number of aromatic amines is 1. The highest BCUT2D eigenvalue weighted by Crippen LogP contribution is 2.18. The molecule has 0 atom stereocenters. The number of ketones is 1. The maximum Gasteiger partial charge on any atom is 0.261 e. The van der Waals surface area contributed by atoms with Gasteiger partial charge in [-0.1, -0.05) is 6.07 Å². The van der Waals surface area contributed by atoms with Crippen LogP contribution in [0.2, 0.25) is 0 Å². The zero-order valence-electron chi connectivity index (χ0n) is 11.9. The van der Waals surface area contributed by atoms with Gasteiger partial charge in [0.1, 0.15) is 5.56 Å². The van der Waals surface area contributed by atoms with Crippen molar-refractivity contribution in [2.75, 3.05) is 0 Å². The van der Waals surface area contributed by atoms with Crippen molar-refractivity contribution in [1.29, 1.82) is 0 Å². The fourth-order valence-corrected chi connectivity index (χ4v) is 2.52. The van der Waals surface area contributed by atoms with Crippen LogP contribution in [0.4, 0.5) is 0 Å². The topological polar surface area (TPSA) is 91.9 Å². The van der Waals surface area contributed by atoms with E-state index in [9.17, 15) is 14.4 Å². The van der Waals surface area contributed by atoms with Crippen molar-refractivity contribution in [3.63, 3.8) is 0 Å². The van der Waals surface area contributed by atoms with E-state index in [-0.39, 0.29) is 17.9 Å². The molecule has 1 aliphatic carbocycles. The second kappa shape index (κ2) is 5.93. The van der Waals surface area contributed by atoms with Gasteiger partial charge in [0.2, 0.25) is 0 Å². The molecule has 0 spiro atoms. The molecule has 6 nitrogen and oxygen atoms in total. The summed E-state index contributed by atoms with van der Waals surface area (Å²) in [6, 6.07) is 5.01. The molecule has 0 aromatic carbocycles. The van der Waals surface area contributed by atoms with Gasteiger partial charge >= 0.3 is 0 Å². The maximum absolute atomic E-state index is 12.2. The number of hydrogen-bond acceptors (Lipinski definition) is 4. The second-order valence-electron chi connectivity index (χ2n) is 5.23. The largest absolute Gasteiger partial charge is 0.348 e. The standard InChI is InChI=1S/C16H15N3O3/c20-14-5-1-4-13-11(14)7-12(16(22)19-13)15(21)18-9-10-3-2-6-17-8-10/h2-3,6-8H,1,4-5,9H2,(H,18,21)(H,19,22). The molecule has 3 rings (SSSR count). The summed E-state index contributed by atoms with van der Waals surface area (Å²) in [7, 11) is 0. The van der Waals surface area contributed by atoms with Gasteiger partial charge in [-0.25, -0.2) is 0 Å². The third-order valence-corrected chi connectivity index (χ3v) is 3.67. The summed E-state index contributed by atoms with van der Waals surface area (Å²) in [5.41, 5.74) is 1.43. The summed E-state index contributed by atoms with van der Waals surface area (Å²) in [4.78, 5) is 42.7. The molecule has 0 fully saturated rings. The predicted octanol–water partition coefficient (Wildman–Crippen LogP) is 1.22. The Morgan fingerprint density at radius 3 is 2.95 bits per heavy atom. The average Bonchev–Trinajstić information content (AvgIpc) is 2.53. The minimum Gasteiger partial charge on any atom is -0.348 e. The second-order valence-corrected chi connectivity index (χ2v) is 5.23. The van der Waals surface area contributed by atoms with Gasteiger partial charge in [0, 0.05) is 36.6 Å². The molecule has 0 saturated heterocycles. The van der Waals surface area contributed by atoms with Crippen LogP contribution < -0.4 is 10.9 Å². The Hall–Kier alpha value is -2.76. The Bertz CT molecular complexity index is 781. The highest BCUT2D eigenvalue weighted by molar-refractivity contribution is 6.01. The van der Waals surface area contributed by atoms with Crippen LogP contribution in [0.15, 0.2) is 35.4 Å². The Kier molecular flexibility index (Phi) is 3.82. The fourth-order valence-electron chi connectivity index (χ4n) is 2.52. The average molecular weight is 297 g/mol. The first kappa shape index (κ1) is 14.2. The van der Waals surface area contributed by atoms with Crippen LogP contribution in [-0.4, -0.2) is 21.7 Å². The van der Waals surface area contributed by atoms with Crippen LogP contribution in [0, 0.1) is 0 Å². The smallest absolute Gasteiger partial charge is 0.261 e. The van der Waals surface area contributed by atoms with Crippen LogP contribution in [0.3, 0.4) is 0 Å². The van der Waals surface area contributed by atoms with Gasteiger partial charge < -0.3 is 10.3 Å². The molecule has 1 amide bonds. The van der Waals surface area contributed by atoms with Crippen molar-refractivity contribution in [3.8, 4) is 0 Å². The zero-order chi connectivity index (χ0) is 15.5. The number of carbonyl (C=O) groups is 2. The van der Waals surface area contributed by atoms with E-state index in [2.05, 4.69) is 15.3 Å². The molecule has 0 unspecified atom stereocenters. The zero-order valence-corrected chi connectivity index (χ0v) is 11.9. The number of aromatic nitrogens is 2. The summed E-state index contributed by atoms with van der Waals surface area (Å²) in [6.45, 7) is 0.275. The van der Waals surface area contributed by atoms with Gasteiger partial charge in [-0.15, -0.1) is 0 Å². The lowest BCUT2D eigenvalue weighted by molar-refractivity contribution is 0.0949. The van der Waals surface area contributed by atoms with Crippen molar-refractivity contribution in [3.05, 3.63) is 63.3 Å².